The molecule has 16 heavy (non-hydrogen) atoms. The SMILES string of the molecule is C=CCn1nnc(CN)c1-c1ccc(Br)o1. The van der Waals surface area contributed by atoms with Crippen LogP contribution in [0.1, 0.15) is 5.69 Å². The predicted octanol–water partition coefficient (Wildman–Crippen LogP) is 1.95. The van der Waals surface area contributed by atoms with Crippen LogP contribution in [0.2, 0.25) is 0 Å². The second kappa shape index (κ2) is 4.63. The number of hydrogen-bond acceptors (Lipinski definition) is 4. The monoisotopic (exact) mass is 282 g/mol. The molecule has 0 fully saturated rings. The fourth-order valence-corrected chi connectivity index (χ4v) is 1.75. The third-order valence-corrected chi connectivity index (χ3v) is 2.53. The second-order valence-electron chi connectivity index (χ2n) is 3.16. The first-order valence-corrected chi connectivity index (χ1v) is 5.54. The van der Waals surface area contributed by atoms with E-state index in [0.29, 0.717) is 29.2 Å². The van der Waals surface area contributed by atoms with Crippen molar-refractivity contribution < 1.29 is 4.42 Å². The van der Waals surface area contributed by atoms with Crippen molar-refractivity contribution in [1.82, 2.24) is 15.0 Å². The Morgan fingerprint density at radius 3 is 2.94 bits per heavy atom. The summed E-state index contributed by atoms with van der Waals surface area (Å²) < 4.78 is 7.86. The number of hydrogen-bond donors (Lipinski definition) is 1. The van der Waals surface area contributed by atoms with E-state index in [4.69, 9.17) is 10.2 Å². The molecule has 0 radical (unpaired) electrons. The van der Waals surface area contributed by atoms with Crippen LogP contribution in [-0.4, -0.2) is 15.0 Å². The Kier molecular flexibility index (Phi) is 3.21. The summed E-state index contributed by atoms with van der Waals surface area (Å²) in [7, 11) is 0. The summed E-state index contributed by atoms with van der Waals surface area (Å²) in [5.41, 5.74) is 7.12. The molecule has 6 heteroatoms. The Balaban J connectivity index is 2.51. The molecule has 0 unspecified atom stereocenters. The Labute approximate surface area is 101 Å². The fraction of sp³-hybridized carbons (Fsp3) is 0.200. The van der Waals surface area contributed by atoms with Gasteiger partial charge in [-0.3, -0.25) is 0 Å². The van der Waals surface area contributed by atoms with Crippen molar-refractivity contribution in [2.75, 3.05) is 0 Å². The average Bonchev–Trinajstić information content (AvgIpc) is 2.85. The van der Waals surface area contributed by atoms with E-state index in [1.807, 2.05) is 12.1 Å². The van der Waals surface area contributed by atoms with Gasteiger partial charge in [0.25, 0.3) is 0 Å². The highest BCUT2D eigenvalue weighted by Crippen LogP contribution is 2.26. The van der Waals surface area contributed by atoms with Gasteiger partial charge in [-0.05, 0) is 28.1 Å². The molecule has 5 nitrogen and oxygen atoms in total. The molecule has 0 amide bonds. The van der Waals surface area contributed by atoms with Crippen LogP contribution >= 0.6 is 15.9 Å². The van der Waals surface area contributed by atoms with Crippen LogP contribution in [0.3, 0.4) is 0 Å². The van der Waals surface area contributed by atoms with Gasteiger partial charge in [0.1, 0.15) is 11.4 Å². The molecule has 0 spiro atoms. The molecular formula is C10H11BrN4O. The predicted molar refractivity (Wildman–Crippen MR) is 63.5 cm³/mol. The molecule has 0 aromatic carbocycles. The molecule has 2 rings (SSSR count). The largest absolute Gasteiger partial charge is 0.448 e. The minimum atomic E-state index is 0.324. The zero-order chi connectivity index (χ0) is 11.5. The number of halogens is 1. The van der Waals surface area contributed by atoms with Crippen molar-refractivity contribution in [3.05, 3.63) is 35.2 Å². The summed E-state index contributed by atoms with van der Waals surface area (Å²) in [5, 5.41) is 8.01. The minimum Gasteiger partial charge on any atom is -0.448 e. The molecule has 0 atom stereocenters. The Bertz CT molecular complexity index is 503. The van der Waals surface area contributed by atoms with Gasteiger partial charge in [0.05, 0.1) is 6.54 Å². The van der Waals surface area contributed by atoms with Crippen LogP contribution in [0.25, 0.3) is 11.5 Å². The molecule has 2 heterocycles. The summed E-state index contributed by atoms with van der Waals surface area (Å²) in [5.74, 6) is 0.694. The Morgan fingerprint density at radius 1 is 1.56 bits per heavy atom. The maximum Gasteiger partial charge on any atom is 0.169 e. The third-order valence-electron chi connectivity index (χ3n) is 2.11. The lowest BCUT2D eigenvalue weighted by atomic mass is 10.2. The number of rotatable bonds is 4. The van der Waals surface area contributed by atoms with Crippen LogP contribution in [0.5, 0.6) is 0 Å². The maximum absolute atomic E-state index is 5.61. The van der Waals surface area contributed by atoms with Gasteiger partial charge >= 0.3 is 0 Å². The molecule has 0 aliphatic rings. The van der Waals surface area contributed by atoms with Gasteiger partial charge < -0.3 is 10.2 Å². The summed E-state index contributed by atoms with van der Waals surface area (Å²) >= 11 is 3.26. The zero-order valence-corrected chi connectivity index (χ0v) is 10.1. The van der Waals surface area contributed by atoms with E-state index < -0.39 is 0 Å². The van der Waals surface area contributed by atoms with Crippen molar-refractivity contribution in [1.29, 1.82) is 0 Å². The molecule has 2 N–H and O–H groups in total. The normalized spacial score (nSPS) is 10.6. The number of nitrogens with zero attached hydrogens (tertiary/aromatic N) is 3. The van der Waals surface area contributed by atoms with Crippen molar-refractivity contribution in [3.63, 3.8) is 0 Å². The standard InChI is InChI=1S/C10H11BrN4O/c1-2-5-15-10(7(6-12)13-14-15)8-3-4-9(11)16-8/h2-4H,1,5-6,12H2. The first kappa shape index (κ1) is 11.1. The number of nitrogens with two attached hydrogens (primary N) is 1. The number of aromatic nitrogens is 3. The van der Waals surface area contributed by atoms with Gasteiger partial charge in [0, 0.05) is 6.54 Å². The van der Waals surface area contributed by atoms with Gasteiger partial charge in [-0.2, -0.15) is 0 Å². The van der Waals surface area contributed by atoms with E-state index >= 15 is 0 Å². The highest BCUT2D eigenvalue weighted by molar-refractivity contribution is 9.10. The van der Waals surface area contributed by atoms with Gasteiger partial charge in [-0.25, -0.2) is 4.68 Å². The minimum absolute atomic E-state index is 0.324. The van der Waals surface area contributed by atoms with E-state index in [1.54, 1.807) is 10.8 Å². The molecule has 84 valence electrons. The van der Waals surface area contributed by atoms with Crippen LogP contribution in [0.15, 0.2) is 33.9 Å². The highest BCUT2D eigenvalue weighted by Gasteiger charge is 2.16. The molecule has 0 aliphatic carbocycles. The highest BCUT2D eigenvalue weighted by atomic mass is 79.9. The van der Waals surface area contributed by atoms with Crippen LogP contribution in [0, 0.1) is 0 Å². The molecule has 0 aliphatic heterocycles. The molecule has 0 saturated heterocycles. The molecule has 0 saturated carbocycles. The van der Waals surface area contributed by atoms with E-state index in [2.05, 4.69) is 32.8 Å². The smallest absolute Gasteiger partial charge is 0.169 e. The zero-order valence-electron chi connectivity index (χ0n) is 8.56. The number of allylic oxidation sites excluding steroid dienone is 1. The first-order chi connectivity index (χ1) is 7.76. The van der Waals surface area contributed by atoms with Gasteiger partial charge in [0.2, 0.25) is 0 Å². The molecule has 2 aromatic heterocycles. The summed E-state index contributed by atoms with van der Waals surface area (Å²) in [6.45, 7) is 4.57. The van der Waals surface area contributed by atoms with E-state index in [-0.39, 0.29) is 0 Å². The average molecular weight is 283 g/mol. The van der Waals surface area contributed by atoms with Crippen molar-refractivity contribution in [2.45, 2.75) is 13.1 Å². The van der Waals surface area contributed by atoms with E-state index in [9.17, 15) is 0 Å². The van der Waals surface area contributed by atoms with Gasteiger partial charge in [-0.1, -0.05) is 11.3 Å². The van der Waals surface area contributed by atoms with Crippen LogP contribution < -0.4 is 5.73 Å². The lowest BCUT2D eigenvalue weighted by Gasteiger charge is -2.01. The van der Waals surface area contributed by atoms with Crippen molar-refractivity contribution in [2.24, 2.45) is 5.73 Å². The topological polar surface area (TPSA) is 69.9 Å². The maximum atomic E-state index is 5.61. The summed E-state index contributed by atoms with van der Waals surface area (Å²) in [6, 6.07) is 3.67. The van der Waals surface area contributed by atoms with E-state index in [0.717, 1.165) is 5.69 Å². The van der Waals surface area contributed by atoms with E-state index in [1.165, 1.54) is 0 Å². The molecule has 2 aromatic rings. The fourth-order valence-electron chi connectivity index (χ4n) is 1.45. The lowest BCUT2D eigenvalue weighted by Crippen LogP contribution is -2.02. The van der Waals surface area contributed by atoms with Crippen LogP contribution in [0.4, 0.5) is 0 Å². The second-order valence-corrected chi connectivity index (χ2v) is 3.94. The van der Waals surface area contributed by atoms with Crippen molar-refractivity contribution in [3.8, 4) is 11.5 Å². The quantitative estimate of drug-likeness (QED) is 0.871. The van der Waals surface area contributed by atoms with Gasteiger partial charge in [0.15, 0.2) is 10.4 Å². The molecule has 0 bridgehead atoms. The molecular weight excluding hydrogens is 272 g/mol. The Hall–Kier alpha value is -1.40. The van der Waals surface area contributed by atoms with Gasteiger partial charge in [-0.15, -0.1) is 11.7 Å². The third kappa shape index (κ3) is 1.94. The summed E-state index contributed by atoms with van der Waals surface area (Å²) in [4.78, 5) is 0. The number of furan rings is 1. The lowest BCUT2D eigenvalue weighted by molar-refractivity contribution is 0.544. The van der Waals surface area contributed by atoms with Crippen LogP contribution in [-0.2, 0) is 13.1 Å². The van der Waals surface area contributed by atoms with Crippen molar-refractivity contribution >= 4 is 15.9 Å². The first-order valence-electron chi connectivity index (χ1n) is 4.75. The summed E-state index contributed by atoms with van der Waals surface area (Å²) in [6.07, 6.45) is 1.75. The Morgan fingerprint density at radius 2 is 2.38 bits per heavy atom.